The second-order valence-electron chi connectivity index (χ2n) is 4.44. The highest BCUT2D eigenvalue weighted by molar-refractivity contribution is 7.99. The molecule has 1 unspecified atom stereocenters. The number of nitrogens with two attached hydrogens (primary N) is 1. The molecule has 0 aromatic carbocycles. The number of hydrogen-bond donors (Lipinski definition) is 2. The molecule has 3 N–H and O–H groups in total. The molecule has 1 atom stereocenters. The van der Waals surface area contributed by atoms with Gasteiger partial charge in [-0.25, -0.2) is 4.98 Å². The summed E-state index contributed by atoms with van der Waals surface area (Å²) in [5.74, 6) is 0.585. The molecule has 2 rings (SSSR count). The first kappa shape index (κ1) is 13.6. The molecule has 1 aliphatic carbocycles. The van der Waals surface area contributed by atoms with Gasteiger partial charge in [0.05, 0.1) is 5.02 Å². The van der Waals surface area contributed by atoms with Gasteiger partial charge in [0.1, 0.15) is 10.6 Å². The minimum Gasteiger partial charge on any atom is -0.368 e. The van der Waals surface area contributed by atoms with Crippen LogP contribution in [-0.4, -0.2) is 29.2 Å². The van der Waals surface area contributed by atoms with Crippen molar-refractivity contribution in [3.8, 4) is 0 Å². The average molecular weight is 286 g/mol. The van der Waals surface area contributed by atoms with Crippen molar-refractivity contribution in [1.29, 1.82) is 0 Å². The number of nitrogens with one attached hydrogen (secondary N) is 1. The summed E-state index contributed by atoms with van der Waals surface area (Å²) in [5, 5.41) is 4.44. The predicted molar refractivity (Wildman–Crippen MR) is 73.7 cm³/mol. The number of thioether (sulfide) groups is 1. The Bertz CT molecular complexity index is 453. The van der Waals surface area contributed by atoms with E-state index in [0.717, 1.165) is 17.9 Å². The van der Waals surface area contributed by atoms with E-state index < -0.39 is 5.54 Å². The fourth-order valence-electron chi connectivity index (χ4n) is 2.03. The summed E-state index contributed by atoms with van der Waals surface area (Å²) in [6.07, 6.45) is 3.78. The van der Waals surface area contributed by atoms with Crippen molar-refractivity contribution in [3.63, 3.8) is 0 Å². The normalized spacial score (nSPS) is 18.3. The zero-order valence-corrected chi connectivity index (χ0v) is 11.7. The Balaban J connectivity index is 2.11. The van der Waals surface area contributed by atoms with E-state index in [2.05, 4.69) is 10.3 Å². The van der Waals surface area contributed by atoms with Gasteiger partial charge in [0.25, 0.3) is 0 Å². The van der Waals surface area contributed by atoms with Crippen molar-refractivity contribution in [1.82, 2.24) is 10.3 Å². The van der Waals surface area contributed by atoms with E-state index in [9.17, 15) is 4.79 Å². The third-order valence-corrected chi connectivity index (χ3v) is 4.94. The van der Waals surface area contributed by atoms with Crippen molar-refractivity contribution in [2.75, 3.05) is 12.8 Å². The van der Waals surface area contributed by atoms with Crippen LogP contribution >= 0.6 is 23.4 Å². The molecule has 0 spiro atoms. The first-order valence-electron chi connectivity index (χ1n) is 5.82. The maximum Gasteiger partial charge on any atom is 0.238 e. The van der Waals surface area contributed by atoms with Crippen LogP contribution in [0, 0.1) is 5.92 Å². The van der Waals surface area contributed by atoms with Crippen molar-refractivity contribution >= 4 is 29.3 Å². The lowest BCUT2D eigenvalue weighted by Gasteiger charge is -2.29. The minimum absolute atomic E-state index is 0.299. The molecule has 0 radical (unpaired) electrons. The average Bonchev–Trinajstić information content (AvgIpc) is 3.17. The van der Waals surface area contributed by atoms with E-state index in [-0.39, 0.29) is 5.91 Å². The summed E-state index contributed by atoms with van der Waals surface area (Å²) in [6, 6.07) is 3.58. The Morgan fingerprint density at radius 2 is 2.44 bits per heavy atom. The van der Waals surface area contributed by atoms with Crippen molar-refractivity contribution < 1.29 is 4.79 Å². The number of hydrogen-bond acceptors (Lipinski definition) is 4. The van der Waals surface area contributed by atoms with Gasteiger partial charge in [-0.15, -0.1) is 11.8 Å². The number of likely N-dealkylation sites (N-methyl/N-ethyl adjacent to an activating group) is 1. The molecule has 1 fully saturated rings. The smallest absolute Gasteiger partial charge is 0.238 e. The second kappa shape index (κ2) is 5.47. The van der Waals surface area contributed by atoms with Crippen LogP contribution in [0.5, 0.6) is 0 Å². The highest BCUT2D eigenvalue weighted by atomic mass is 35.5. The molecule has 6 heteroatoms. The first-order valence-corrected chi connectivity index (χ1v) is 7.18. The largest absolute Gasteiger partial charge is 0.368 e. The van der Waals surface area contributed by atoms with Gasteiger partial charge in [0, 0.05) is 11.9 Å². The van der Waals surface area contributed by atoms with Gasteiger partial charge in [-0.05, 0) is 37.9 Å². The Kier molecular flexibility index (Phi) is 4.14. The van der Waals surface area contributed by atoms with Gasteiger partial charge >= 0.3 is 0 Å². The molecule has 0 aliphatic heterocycles. The first-order chi connectivity index (χ1) is 8.60. The van der Waals surface area contributed by atoms with E-state index >= 15 is 0 Å². The van der Waals surface area contributed by atoms with Gasteiger partial charge in [-0.1, -0.05) is 11.6 Å². The van der Waals surface area contributed by atoms with Crippen LogP contribution in [0.1, 0.15) is 12.8 Å². The summed E-state index contributed by atoms with van der Waals surface area (Å²) >= 11 is 7.52. The Hall–Kier alpha value is -0.780. The maximum atomic E-state index is 11.7. The number of pyridine rings is 1. The number of carbonyl (C=O) groups is 1. The molecular formula is C12H16ClN3OS. The zero-order valence-electron chi connectivity index (χ0n) is 10.1. The zero-order chi connectivity index (χ0) is 13.2. The van der Waals surface area contributed by atoms with Crippen LogP contribution in [0.4, 0.5) is 0 Å². The van der Waals surface area contributed by atoms with Crippen molar-refractivity contribution in [2.24, 2.45) is 11.7 Å². The van der Waals surface area contributed by atoms with Gasteiger partial charge in [0.2, 0.25) is 5.91 Å². The van der Waals surface area contributed by atoms with Crippen LogP contribution in [0.25, 0.3) is 0 Å². The lowest BCUT2D eigenvalue weighted by atomic mass is 9.95. The van der Waals surface area contributed by atoms with Crippen LogP contribution in [0.15, 0.2) is 23.4 Å². The van der Waals surface area contributed by atoms with E-state index in [1.807, 2.05) is 0 Å². The standard InChI is InChI=1S/C12H16ClN3OS/c1-15-12(11(14)17,8-4-5-8)7-18-10-9(13)3-2-6-16-10/h2-3,6,8,15H,4-5,7H2,1H3,(H2,14,17). The number of amides is 1. The molecule has 98 valence electrons. The number of nitrogens with zero attached hydrogens (tertiary/aromatic N) is 1. The lowest BCUT2D eigenvalue weighted by molar-refractivity contribution is -0.124. The topological polar surface area (TPSA) is 68.0 Å². The molecule has 1 saturated carbocycles. The van der Waals surface area contributed by atoms with Gasteiger partial charge in [-0.3, -0.25) is 4.79 Å². The second-order valence-corrected chi connectivity index (χ2v) is 5.81. The molecule has 4 nitrogen and oxygen atoms in total. The van der Waals surface area contributed by atoms with E-state index in [0.29, 0.717) is 16.7 Å². The SMILES string of the molecule is CNC(CSc1ncccc1Cl)(C(N)=O)C1CC1. The third kappa shape index (κ3) is 2.63. The number of primary amides is 1. The molecule has 1 aliphatic rings. The molecule has 1 aromatic rings. The summed E-state index contributed by atoms with van der Waals surface area (Å²) in [6.45, 7) is 0. The molecule has 0 bridgehead atoms. The fraction of sp³-hybridized carbons (Fsp3) is 0.500. The Labute approximate surface area is 116 Å². The quantitative estimate of drug-likeness (QED) is 0.781. The minimum atomic E-state index is -0.647. The van der Waals surface area contributed by atoms with Crippen molar-refractivity contribution in [3.05, 3.63) is 23.4 Å². The number of halogens is 1. The van der Waals surface area contributed by atoms with Crippen LogP contribution in [0.3, 0.4) is 0 Å². The van der Waals surface area contributed by atoms with Gasteiger partial charge in [-0.2, -0.15) is 0 Å². The van der Waals surface area contributed by atoms with E-state index in [1.165, 1.54) is 11.8 Å². The molecule has 18 heavy (non-hydrogen) atoms. The fourth-order valence-corrected chi connectivity index (χ4v) is 3.54. The molecule has 1 heterocycles. The molecule has 1 amide bonds. The van der Waals surface area contributed by atoms with Gasteiger partial charge < -0.3 is 11.1 Å². The van der Waals surface area contributed by atoms with Crippen molar-refractivity contribution in [2.45, 2.75) is 23.4 Å². The molecular weight excluding hydrogens is 270 g/mol. The molecule has 0 saturated heterocycles. The van der Waals surface area contributed by atoms with Gasteiger partial charge in [0.15, 0.2) is 0 Å². The summed E-state index contributed by atoms with van der Waals surface area (Å²) in [5.41, 5.74) is 4.91. The summed E-state index contributed by atoms with van der Waals surface area (Å²) in [4.78, 5) is 15.9. The highest BCUT2D eigenvalue weighted by Crippen LogP contribution is 2.42. The third-order valence-electron chi connectivity index (χ3n) is 3.32. The van der Waals surface area contributed by atoms with Crippen LogP contribution < -0.4 is 11.1 Å². The number of aromatic nitrogens is 1. The van der Waals surface area contributed by atoms with E-state index in [4.69, 9.17) is 17.3 Å². The molecule has 1 aromatic heterocycles. The summed E-state index contributed by atoms with van der Waals surface area (Å²) in [7, 11) is 1.78. The lowest BCUT2D eigenvalue weighted by Crippen LogP contribution is -2.57. The maximum absolute atomic E-state index is 11.7. The number of rotatable bonds is 6. The highest BCUT2D eigenvalue weighted by Gasteiger charge is 2.48. The summed E-state index contributed by atoms with van der Waals surface area (Å²) < 4.78 is 0. The number of carbonyl (C=O) groups excluding carboxylic acids is 1. The van der Waals surface area contributed by atoms with Crippen LogP contribution in [-0.2, 0) is 4.79 Å². The Morgan fingerprint density at radius 1 is 1.72 bits per heavy atom. The monoisotopic (exact) mass is 285 g/mol. The van der Waals surface area contributed by atoms with E-state index in [1.54, 1.807) is 25.4 Å². The van der Waals surface area contributed by atoms with Crippen LogP contribution in [0.2, 0.25) is 5.02 Å². The Morgan fingerprint density at radius 3 is 2.94 bits per heavy atom. The predicted octanol–water partition coefficient (Wildman–Crippen LogP) is 1.68.